The van der Waals surface area contributed by atoms with Crippen molar-refractivity contribution in [2.45, 2.75) is 0 Å². The van der Waals surface area contributed by atoms with Gasteiger partial charge in [-0.2, -0.15) is 0 Å². The van der Waals surface area contributed by atoms with Crippen molar-refractivity contribution >= 4 is 64.9 Å². The van der Waals surface area contributed by atoms with Crippen LogP contribution in [0.15, 0.2) is 125 Å². The lowest BCUT2D eigenvalue weighted by atomic mass is 9.85. The SMILES string of the molecule is c1ccc(-c2c3ccccc3c(-c3cccc4oc5ccc6sccc6c5c34)c3ccccc23)cc1. The van der Waals surface area contributed by atoms with Crippen LogP contribution in [-0.2, 0) is 0 Å². The first-order valence-corrected chi connectivity index (χ1v) is 13.1. The number of benzene rings is 6. The van der Waals surface area contributed by atoms with E-state index in [-0.39, 0.29) is 0 Å². The monoisotopic (exact) mass is 476 g/mol. The topological polar surface area (TPSA) is 13.1 Å². The summed E-state index contributed by atoms with van der Waals surface area (Å²) in [5.74, 6) is 0. The molecule has 2 aromatic heterocycles. The molecule has 0 fully saturated rings. The molecule has 2 heterocycles. The number of hydrogen-bond acceptors (Lipinski definition) is 2. The molecule has 0 aliphatic carbocycles. The third-order valence-corrected chi connectivity index (χ3v) is 8.24. The average Bonchev–Trinajstić information content (AvgIpc) is 3.56. The van der Waals surface area contributed by atoms with Crippen LogP contribution in [0, 0.1) is 0 Å². The number of furan rings is 1. The fourth-order valence-corrected chi connectivity index (χ4v) is 6.70. The highest BCUT2D eigenvalue weighted by molar-refractivity contribution is 7.17. The van der Waals surface area contributed by atoms with Crippen LogP contribution < -0.4 is 0 Å². The molecule has 36 heavy (non-hydrogen) atoms. The molecule has 8 aromatic rings. The quantitative estimate of drug-likeness (QED) is 0.226. The van der Waals surface area contributed by atoms with Crippen molar-refractivity contribution in [3.8, 4) is 22.3 Å². The van der Waals surface area contributed by atoms with Gasteiger partial charge >= 0.3 is 0 Å². The molecule has 0 atom stereocenters. The third kappa shape index (κ3) is 2.71. The van der Waals surface area contributed by atoms with Gasteiger partial charge in [0.1, 0.15) is 11.2 Å². The minimum Gasteiger partial charge on any atom is -0.456 e. The molecule has 6 aromatic carbocycles. The second kappa shape index (κ2) is 7.55. The van der Waals surface area contributed by atoms with Crippen LogP contribution in [0.3, 0.4) is 0 Å². The van der Waals surface area contributed by atoms with Gasteiger partial charge in [-0.25, -0.2) is 0 Å². The Morgan fingerprint density at radius 2 is 1.08 bits per heavy atom. The number of thiophene rings is 1. The van der Waals surface area contributed by atoms with Crippen LogP contribution in [0.1, 0.15) is 0 Å². The van der Waals surface area contributed by atoms with Crippen molar-refractivity contribution in [2.75, 3.05) is 0 Å². The van der Waals surface area contributed by atoms with Gasteiger partial charge in [-0.3, -0.25) is 0 Å². The van der Waals surface area contributed by atoms with Gasteiger partial charge in [0.15, 0.2) is 0 Å². The zero-order valence-electron chi connectivity index (χ0n) is 19.4. The highest BCUT2D eigenvalue weighted by atomic mass is 32.1. The Balaban J connectivity index is 1.61. The Morgan fingerprint density at radius 3 is 1.81 bits per heavy atom. The molecule has 8 rings (SSSR count). The zero-order chi connectivity index (χ0) is 23.6. The highest BCUT2D eigenvalue weighted by Gasteiger charge is 2.20. The molecule has 0 spiro atoms. The van der Waals surface area contributed by atoms with Crippen molar-refractivity contribution in [2.24, 2.45) is 0 Å². The van der Waals surface area contributed by atoms with E-state index < -0.39 is 0 Å². The normalized spacial score (nSPS) is 11.9. The summed E-state index contributed by atoms with van der Waals surface area (Å²) in [6.45, 7) is 0. The van der Waals surface area contributed by atoms with Gasteiger partial charge in [0.05, 0.1) is 0 Å². The summed E-state index contributed by atoms with van der Waals surface area (Å²) < 4.78 is 7.70. The molecule has 0 aliphatic heterocycles. The maximum atomic E-state index is 6.41. The van der Waals surface area contributed by atoms with Gasteiger partial charge in [-0.05, 0) is 73.4 Å². The smallest absolute Gasteiger partial charge is 0.136 e. The molecule has 0 amide bonds. The highest BCUT2D eigenvalue weighted by Crippen LogP contribution is 2.47. The van der Waals surface area contributed by atoms with Crippen molar-refractivity contribution in [3.63, 3.8) is 0 Å². The second-order valence-electron chi connectivity index (χ2n) is 9.26. The summed E-state index contributed by atoms with van der Waals surface area (Å²) in [5.41, 5.74) is 6.89. The van der Waals surface area contributed by atoms with E-state index >= 15 is 0 Å². The third-order valence-electron chi connectivity index (χ3n) is 7.36. The minimum absolute atomic E-state index is 0.932. The van der Waals surface area contributed by atoms with Crippen LogP contribution in [0.5, 0.6) is 0 Å². The van der Waals surface area contributed by atoms with Crippen LogP contribution in [0.4, 0.5) is 0 Å². The standard InChI is InChI=1S/C34H20OS/c1-2-9-21(10-3-1)31-22-11-4-6-13-24(22)32(25-14-7-5-12-23(25)31)27-15-8-16-28-34(27)33-26-19-20-36-30(26)18-17-29(33)35-28/h1-20H. The van der Waals surface area contributed by atoms with E-state index in [2.05, 4.69) is 121 Å². The van der Waals surface area contributed by atoms with E-state index in [9.17, 15) is 0 Å². The summed E-state index contributed by atoms with van der Waals surface area (Å²) in [5, 5.41) is 10.9. The Bertz CT molecular complexity index is 2040. The lowest BCUT2D eigenvalue weighted by Crippen LogP contribution is -1.91. The Hall–Kier alpha value is -4.40. The van der Waals surface area contributed by atoms with Crippen molar-refractivity contribution < 1.29 is 4.42 Å². The average molecular weight is 477 g/mol. The molecule has 0 radical (unpaired) electrons. The summed E-state index contributed by atoms with van der Waals surface area (Å²) in [6, 6.07) is 41.4. The Morgan fingerprint density at radius 1 is 0.444 bits per heavy atom. The molecule has 0 saturated carbocycles. The lowest BCUT2D eigenvalue weighted by molar-refractivity contribution is 0.669. The maximum absolute atomic E-state index is 6.41. The Labute approximate surface area is 211 Å². The number of hydrogen-bond donors (Lipinski definition) is 0. The van der Waals surface area contributed by atoms with Gasteiger partial charge in [-0.15, -0.1) is 11.3 Å². The van der Waals surface area contributed by atoms with Crippen molar-refractivity contribution in [3.05, 3.63) is 121 Å². The van der Waals surface area contributed by atoms with Gasteiger partial charge in [0.25, 0.3) is 0 Å². The van der Waals surface area contributed by atoms with E-state index in [0.29, 0.717) is 0 Å². The summed E-state index contributed by atoms with van der Waals surface area (Å²) in [6.07, 6.45) is 0. The summed E-state index contributed by atoms with van der Waals surface area (Å²) in [7, 11) is 0. The van der Waals surface area contributed by atoms with Gasteiger partial charge in [0.2, 0.25) is 0 Å². The first-order valence-electron chi connectivity index (χ1n) is 12.2. The maximum Gasteiger partial charge on any atom is 0.136 e. The van der Waals surface area contributed by atoms with Crippen LogP contribution in [0.2, 0.25) is 0 Å². The van der Waals surface area contributed by atoms with Crippen molar-refractivity contribution in [1.82, 2.24) is 0 Å². The van der Waals surface area contributed by atoms with Crippen LogP contribution in [0.25, 0.3) is 75.8 Å². The Kier molecular flexibility index (Phi) is 4.16. The summed E-state index contributed by atoms with van der Waals surface area (Å²) in [4.78, 5) is 0. The fraction of sp³-hybridized carbons (Fsp3) is 0. The molecule has 0 aliphatic rings. The molecular weight excluding hydrogens is 456 g/mol. The molecule has 0 saturated heterocycles. The van der Waals surface area contributed by atoms with E-state index in [4.69, 9.17) is 4.42 Å². The van der Waals surface area contributed by atoms with E-state index in [1.54, 1.807) is 11.3 Å². The minimum atomic E-state index is 0.932. The first-order chi connectivity index (χ1) is 17.9. The fourth-order valence-electron chi connectivity index (χ4n) is 5.90. The molecule has 0 N–H and O–H groups in total. The van der Waals surface area contributed by atoms with Crippen molar-refractivity contribution in [1.29, 1.82) is 0 Å². The molecule has 0 unspecified atom stereocenters. The van der Waals surface area contributed by atoms with Gasteiger partial charge < -0.3 is 4.42 Å². The molecule has 2 heteroatoms. The molecule has 0 bridgehead atoms. The predicted molar refractivity (Wildman–Crippen MR) is 155 cm³/mol. The zero-order valence-corrected chi connectivity index (χ0v) is 20.2. The van der Waals surface area contributed by atoms with E-state index in [1.165, 1.54) is 64.7 Å². The van der Waals surface area contributed by atoms with Crippen LogP contribution in [-0.4, -0.2) is 0 Å². The van der Waals surface area contributed by atoms with E-state index in [0.717, 1.165) is 11.2 Å². The number of rotatable bonds is 2. The predicted octanol–water partition coefficient (Wildman–Crippen LogP) is 10.4. The van der Waals surface area contributed by atoms with E-state index in [1.807, 2.05) is 0 Å². The van der Waals surface area contributed by atoms with Gasteiger partial charge in [-0.1, -0.05) is 91.0 Å². The molecule has 168 valence electrons. The number of fused-ring (bicyclic) bond motifs is 7. The van der Waals surface area contributed by atoms with Crippen LogP contribution >= 0.6 is 11.3 Å². The molecular formula is C34H20OS. The first kappa shape index (κ1) is 19.9. The summed E-state index contributed by atoms with van der Waals surface area (Å²) >= 11 is 1.78. The largest absolute Gasteiger partial charge is 0.456 e. The second-order valence-corrected chi connectivity index (χ2v) is 10.2. The van der Waals surface area contributed by atoms with Gasteiger partial charge in [0, 0.05) is 20.9 Å². The lowest BCUT2D eigenvalue weighted by Gasteiger charge is -2.18. The molecule has 1 nitrogen and oxygen atoms in total.